The molecule has 1 aromatic rings. The van der Waals surface area contributed by atoms with E-state index in [0.717, 1.165) is 37.8 Å². The van der Waals surface area contributed by atoms with Gasteiger partial charge in [0, 0.05) is 19.6 Å². The molecule has 1 aliphatic carbocycles. The summed E-state index contributed by atoms with van der Waals surface area (Å²) in [6, 6.07) is 0. The van der Waals surface area contributed by atoms with Crippen LogP contribution >= 0.6 is 0 Å². The summed E-state index contributed by atoms with van der Waals surface area (Å²) in [6.07, 6.45) is 5.95. The standard InChI is InChI=1S/C11H18N4O/c12-8-11(4-5-11)9-13-10(14-16-9)15-6-2-1-3-7-15/h1-8,12H2. The number of hydrogen-bond donors (Lipinski definition) is 1. The Hall–Kier alpha value is -1.10. The number of aromatic nitrogens is 2. The van der Waals surface area contributed by atoms with Crippen molar-refractivity contribution in [3.63, 3.8) is 0 Å². The van der Waals surface area contributed by atoms with Gasteiger partial charge >= 0.3 is 0 Å². The molecule has 0 unspecified atom stereocenters. The van der Waals surface area contributed by atoms with E-state index < -0.39 is 0 Å². The van der Waals surface area contributed by atoms with E-state index in [9.17, 15) is 0 Å². The Kier molecular flexibility index (Phi) is 2.35. The van der Waals surface area contributed by atoms with Crippen molar-refractivity contribution < 1.29 is 4.52 Å². The largest absolute Gasteiger partial charge is 0.338 e. The lowest BCUT2D eigenvalue weighted by molar-refractivity contribution is 0.346. The van der Waals surface area contributed by atoms with Crippen molar-refractivity contribution in [3.8, 4) is 0 Å². The fraction of sp³-hybridized carbons (Fsp3) is 0.818. The predicted molar refractivity (Wildman–Crippen MR) is 60.3 cm³/mol. The number of anilines is 1. The normalized spacial score (nSPS) is 23.4. The molecule has 3 rings (SSSR count). The van der Waals surface area contributed by atoms with E-state index in [4.69, 9.17) is 10.3 Å². The van der Waals surface area contributed by atoms with Crippen molar-refractivity contribution in [1.82, 2.24) is 10.1 Å². The summed E-state index contributed by atoms with van der Waals surface area (Å²) >= 11 is 0. The molecule has 1 aromatic heterocycles. The Bertz CT molecular complexity index is 366. The zero-order valence-corrected chi connectivity index (χ0v) is 9.48. The highest BCUT2D eigenvalue weighted by molar-refractivity contribution is 5.30. The molecule has 2 aliphatic rings. The summed E-state index contributed by atoms with van der Waals surface area (Å²) in [7, 11) is 0. The Balaban J connectivity index is 1.77. The van der Waals surface area contributed by atoms with Crippen LogP contribution in [0.25, 0.3) is 0 Å². The van der Waals surface area contributed by atoms with Crippen molar-refractivity contribution >= 4 is 5.95 Å². The van der Waals surface area contributed by atoms with E-state index in [-0.39, 0.29) is 5.41 Å². The maximum Gasteiger partial charge on any atom is 0.266 e. The van der Waals surface area contributed by atoms with Crippen molar-refractivity contribution in [1.29, 1.82) is 0 Å². The quantitative estimate of drug-likeness (QED) is 0.828. The van der Waals surface area contributed by atoms with Gasteiger partial charge in [0.15, 0.2) is 0 Å². The van der Waals surface area contributed by atoms with Gasteiger partial charge in [-0.1, -0.05) is 0 Å². The van der Waals surface area contributed by atoms with Gasteiger partial charge in [0.05, 0.1) is 5.41 Å². The van der Waals surface area contributed by atoms with Crippen LogP contribution in [0.4, 0.5) is 5.95 Å². The Morgan fingerprint density at radius 3 is 2.62 bits per heavy atom. The summed E-state index contributed by atoms with van der Waals surface area (Å²) in [6.45, 7) is 2.72. The van der Waals surface area contributed by atoms with Crippen molar-refractivity contribution in [2.75, 3.05) is 24.5 Å². The fourth-order valence-corrected chi connectivity index (χ4v) is 2.31. The molecule has 1 aliphatic heterocycles. The monoisotopic (exact) mass is 222 g/mol. The smallest absolute Gasteiger partial charge is 0.266 e. The number of nitrogens with zero attached hydrogens (tertiary/aromatic N) is 3. The third kappa shape index (κ3) is 1.59. The van der Waals surface area contributed by atoms with Crippen LogP contribution in [0.1, 0.15) is 38.0 Å². The maximum absolute atomic E-state index is 5.75. The average Bonchev–Trinajstić information content (AvgIpc) is 3.00. The molecule has 2 N–H and O–H groups in total. The van der Waals surface area contributed by atoms with Gasteiger partial charge in [-0.25, -0.2) is 0 Å². The lowest BCUT2D eigenvalue weighted by Crippen LogP contribution is -2.30. The fourth-order valence-electron chi connectivity index (χ4n) is 2.31. The lowest BCUT2D eigenvalue weighted by Gasteiger charge is -2.24. The highest BCUT2D eigenvalue weighted by Crippen LogP contribution is 2.46. The molecule has 0 aromatic carbocycles. The molecular formula is C11H18N4O. The van der Waals surface area contributed by atoms with Crippen LogP contribution < -0.4 is 10.6 Å². The Morgan fingerprint density at radius 2 is 2.00 bits per heavy atom. The molecule has 2 fully saturated rings. The van der Waals surface area contributed by atoms with Crippen LogP contribution in [-0.4, -0.2) is 29.8 Å². The van der Waals surface area contributed by atoms with Crippen LogP contribution in [0.15, 0.2) is 4.52 Å². The first-order valence-corrected chi connectivity index (χ1v) is 6.13. The predicted octanol–water partition coefficient (Wildman–Crippen LogP) is 1.05. The maximum atomic E-state index is 5.75. The second kappa shape index (κ2) is 3.73. The zero-order chi connectivity index (χ0) is 11.0. The van der Waals surface area contributed by atoms with Crippen LogP contribution in [0.5, 0.6) is 0 Å². The van der Waals surface area contributed by atoms with E-state index in [0.29, 0.717) is 6.54 Å². The molecule has 2 heterocycles. The third-order valence-corrected chi connectivity index (χ3v) is 3.75. The third-order valence-electron chi connectivity index (χ3n) is 3.75. The molecule has 0 spiro atoms. The molecule has 88 valence electrons. The van der Waals surface area contributed by atoms with Gasteiger partial charge in [0.25, 0.3) is 5.95 Å². The number of nitrogens with two attached hydrogens (primary N) is 1. The van der Waals surface area contributed by atoms with Gasteiger partial charge in [-0.05, 0) is 37.3 Å². The van der Waals surface area contributed by atoms with E-state index in [1.54, 1.807) is 0 Å². The van der Waals surface area contributed by atoms with E-state index in [1.165, 1.54) is 19.3 Å². The second-order valence-electron chi connectivity index (χ2n) is 4.93. The van der Waals surface area contributed by atoms with Gasteiger partial charge in [0.1, 0.15) is 0 Å². The number of piperidine rings is 1. The molecule has 0 amide bonds. The van der Waals surface area contributed by atoms with Crippen molar-refractivity contribution in [2.24, 2.45) is 5.73 Å². The molecule has 0 atom stereocenters. The SMILES string of the molecule is NCC1(c2nc(N3CCCCC3)no2)CC1. The average molecular weight is 222 g/mol. The highest BCUT2D eigenvalue weighted by atomic mass is 16.5. The Labute approximate surface area is 95.0 Å². The van der Waals surface area contributed by atoms with Gasteiger partial charge in [0.2, 0.25) is 5.89 Å². The topological polar surface area (TPSA) is 68.2 Å². The molecule has 1 saturated carbocycles. The first kappa shape index (κ1) is 10.1. The van der Waals surface area contributed by atoms with Crippen LogP contribution in [-0.2, 0) is 5.41 Å². The minimum atomic E-state index is 0.0149. The first-order valence-electron chi connectivity index (χ1n) is 6.13. The molecule has 5 nitrogen and oxygen atoms in total. The van der Waals surface area contributed by atoms with Gasteiger partial charge in [-0.2, -0.15) is 4.98 Å². The molecular weight excluding hydrogens is 204 g/mol. The molecule has 1 saturated heterocycles. The number of rotatable bonds is 3. The van der Waals surface area contributed by atoms with Crippen LogP contribution in [0, 0.1) is 0 Å². The summed E-state index contributed by atoms with van der Waals surface area (Å²) in [5, 5.41) is 4.08. The molecule has 0 radical (unpaired) electrons. The molecule has 0 bridgehead atoms. The summed E-state index contributed by atoms with van der Waals surface area (Å²) in [5.74, 6) is 1.50. The molecule has 5 heteroatoms. The van der Waals surface area contributed by atoms with Crippen molar-refractivity contribution in [2.45, 2.75) is 37.5 Å². The van der Waals surface area contributed by atoms with Crippen LogP contribution in [0.3, 0.4) is 0 Å². The van der Waals surface area contributed by atoms with Crippen LogP contribution in [0.2, 0.25) is 0 Å². The Morgan fingerprint density at radius 1 is 1.25 bits per heavy atom. The van der Waals surface area contributed by atoms with Gasteiger partial charge in [-0.15, -0.1) is 0 Å². The highest BCUT2D eigenvalue weighted by Gasteiger charge is 2.48. The minimum Gasteiger partial charge on any atom is -0.338 e. The first-order chi connectivity index (χ1) is 7.84. The van der Waals surface area contributed by atoms with E-state index in [1.807, 2.05) is 0 Å². The number of hydrogen-bond acceptors (Lipinski definition) is 5. The molecule has 16 heavy (non-hydrogen) atoms. The summed E-state index contributed by atoms with van der Waals surface area (Å²) in [5.41, 5.74) is 5.76. The van der Waals surface area contributed by atoms with Gasteiger partial charge < -0.3 is 15.2 Å². The summed E-state index contributed by atoms with van der Waals surface area (Å²) < 4.78 is 5.35. The van der Waals surface area contributed by atoms with E-state index in [2.05, 4.69) is 15.0 Å². The van der Waals surface area contributed by atoms with E-state index >= 15 is 0 Å². The van der Waals surface area contributed by atoms with Crippen molar-refractivity contribution in [3.05, 3.63) is 5.89 Å². The second-order valence-corrected chi connectivity index (χ2v) is 4.93. The van der Waals surface area contributed by atoms with Gasteiger partial charge in [-0.3, -0.25) is 0 Å². The zero-order valence-electron chi connectivity index (χ0n) is 9.48. The lowest BCUT2D eigenvalue weighted by atomic mass is 10.1. The summed E-state index contributed by atoms with van der Waals surface area (Å²) in [4.78, 5) is 6.72. The minimum absolute atomic E-state index is 0.0149.